The molecule has 1 amide bonds. The van der Waals surface area contributed by atoms with Crippen molar-refractivity contribution in [1.82, 2.24) is 0 Å². The predicted octanol–water partition coefficient (Wildman–Crippen LogP) is 4.89. The van der Waals surface area contributed by atoms with Crippen molar-refractivity contribution < 1.29 is 19.0 Å². The van der Waals surface area contributed by atoms with Crippen molar-refractivity contribution in [2.24, 2.45) is 0 Å². The summed E-state index contributed by atoms with van der Waals surface area (Å²) in [6.45, 7) is 2.10. The Labute approximate surface area is 162 Å². The minimum absolute atomic E-state index is 0.0760. The van der Waals surface area contributed by atoms with E-state index in [1.54, 1.807) is 13.0 Å². The van der Waals surface area contributed by atoms with Gasteiger partial charge < -0.3 is 15.2 Å². The minimum atomic E-state index is -0.683. The lowest BCUT2D eigenvalue weighted by atomic mass is 10.1. The van der Waals surface area contributed by atoms with Crippen molar-refractivity contribution in [2.75, 3.05) is 11.9 Å². The van der Waals surface area contributed by atoms with Gasteiger partial charge in [-0.3, -0.25) is 4.79 Å². The molecule has 0 aromatic heterocycles. The van der Waals surface area contributed by atoms with Gasteiger partial charge in [-0.05, 0) is 64.8 Å². The first-order valence-electron chi connectivity index (χ1n) is 7.39. The fourth-order valence-corrected chi connectivity index (χ4v) is 2.67. The van der Waals surface area contributed by atoms with Crippen LogP contribution in [0, 0.1) is 17.1 Å². The van der Waals surface area contributed by atoms with E-state index in [-0.39, 0.29) is 27.8 Å². The third-order valence-corrected chi connectivity index (χ3v) is 4.10. The Morgan fingerprint density at radius 2 is 2.19 bits per heavy atom. The third-order valence-electron chi connectivity index (χ3n) is 3.20. The minimum Gasteiger partial charge on any atom is -0.503 e. The number of anilines is 1. The summed E-state index contributed by atoms with van der Waals surface area (Å²) < 4.78 is 18.8. The highest BCUT2D eigenvalue weighted by Crippen LogP contribution is 2.36. The summed E-state index contributed by atoms with van der Waals surface area (Å²) in [5, 5.41) is 21.5. The average Bonchev–Trinajstić information content (AvgIpc) is 2.60. The molecule has 0 aliphatic carbocycles. The van der Waals surface area contributed by atoms with Gasteiger partial charge in [-0.25, -0.2) is 4.39 Å². The number of rotatable bonds is 5. The number of nitriles is 1. The van der Waals surface area contributed by atoms with Gasteiger partial charge in [0, 0.05) is 5.69 Å². The molecular weight excluding hydrogens is 427 g/mol. The summed E-state index contributed by atoms with van der Waals surface area (Å²) in [7, 11) is 0. The van der Waals surface area contributed by atoms with Crippen LogP contribution in [0.2, 0.25) is 5.02 Å². The first-order chi connectivity index (χ1) is 12.3. The van der Waals surface area contributed by atoms with Crippen LogP contribution in [0.1, 0.15) is 12.5 Å². The smallest absolute Gasteiger partial charge is 0.266 e. The molecule has 2 aromatic carbocycles. The van der Waals surface area contributed by atoms with E-state index in [0.717, 1.165) is 6.07 Å². The number of benzene rings is 2. The second-order valence-electron chi connectivity index (χ2n) is 5.04. The number of hydrogen-bond acceptors (Lipinski definition) is 4. The molecule has 2 rings (SSSR count). The molecule has 0 heterocycles. The molecule has 0 radical (unpaired) electrons. The maximum Gasteiger partial charge on any atom is 0.266 e. The molecule has 2 aromatic rings. The monoisotopic (exact) mass is 438 g/mol. The van der Waals surface area contributed by atoms with Crippen molar-refractivity contribution in [3.63, 3.8) is 0 Å². The van der Waals surface area contributed by atoms with Crippen molar-refractivity contribution in [2.45, 2.75) is 6.92 Å². The van der Waals surface area contributed by atoms with Crippen LogP contribution in [0.25, 0.3) is 6.08 Å². The second kappa shape index (κ2) is 8.70. The molecule has 26 heavy (non-hydrogen) atoms. The molecule has 134 valence electrons. The Morgan fingerprint density at radius 1 is 1.46 bits per heavy atom. The number of halogens is 3. The first kappa shape index (κ1) is 19.8. The normalized spacial score (nSPS) is 11.0. The summed E-state index contributed by atoms with van der Waals surface area (Å²) >= 11 is 8.86. The number of amides is 1. The summed E-state index contributed by atoms with van der Waals surface area (Å²) in [5.41, 5.74) is 0.539. The van der Waals surface area contributed by atoms with Gasteiger partial charge in [-0.2, -0.15) is 5.26 Å². The Hall–Kier alpha value is -2.56. The highest BCUT2D eigenvalue weighted by molar-refractivity contribution is 9.10. The number of phenolic OH excluding ortho intramolecular Hbond substituents is 1. The van der Waals surface area contributed by atoms with Crippen molar-refractivity contribution in [1.29, 1.82) is 5.26 Å². The van der Waals surface area contributed by atoms with E-state index in [4.69, 9.17) is 16.3 Å². The molecule has 0 spiro atoms. The lowest BCUT2D eigenvalue weighted by Crippen LogP contribution is -2.13. The van der Waals surface area contributed by atoms with Crippen LogP contribution < -0.4 is 10.1 Å². The molecule has 0 atom stereocenters. The highest BCUT2D eigenvalue weighted by atomic mass is 79.9. The summed E-state index contributed by atoms with van der Waals surface area (Å²) in [6.07, 6.45) is 1.34. The number of carbonyl (C=O) groups is 1. The third kappa shape index (κ3) is 4.75. The van der Waals surface area contributed by atoms with E-state index in [1.807, 2.05) is 0 Å². The van der Waals surface area contributed by atoms with E-state index in [0.29, 0.717) is 16.6 Å². The maximum absolute atomic E-state index is 13.2. The number of aromatic hydroxyl groups is 1. The number of hydrogen-bond donors (Lipinski definition) is 2. The zero-order valence-electron chi connectivity index (χ0n) is 13.5. The highest BCUT2D eigenvalue weighted by Gasteiger charge is 2.13. The van der Waals surface area contributed by atoms with Gasteiger partial charge in [0.2, 0.25) is 0 Å². The second-order valence-corrected chi connectivity index (χ2v) is 6.30. The number of carbonyl (C=O) groups excluding carboxylic acids is 1. The zero-order valence-corrected chi connectivity index (χ0v) is 15.9. The van der Waals surface area contributed by atoms with Crippen LogP contribution in [0.4, 0.5) is 10.1 Å². The van der Waals surface area contributed by atoms with E-state index >= 15 is 0 Å². The molecule has 0 fully saturated rings. The van der Waals surface area contributed by atoms with Gasteiger partial charge in [0.1, 0.15) is 17.5 Å². The van der Waals surface area contributed by atoms with Crippen LogP contribution in [0.15, 0.2) is 40.4 Å². The van der Waals surface area contributed by atoms with Gasteiger partial charge in [-0.1, -0.05) is 11.6 Å². The summed E-state index contributed by atoms with van der Waals surface area (Å²) in [4.78, 5) is 12.3. The molecular formula is C18H13BrClFN2O3. The van der Waals surface area contributed by atoms with Crippen LogP contribution in [0.3, 0.4) is 0 Å². The molecule has 0 aliphatic heterocycles. The van der Waals surface area contributed by atoms with Crippen LogP contribution >= 0.6 is 27.5 Å². The van der Waals surface area contributed by atoms with Gasteiger partial charge in [0.15, 0.2) is 11.5 Å². The van der Waals surface area contributed by atoms with E-state index in [9.17, 15) is 19.6 Å². The molecule has 5 nitrogen and oxygen atoms in total. The largest absolute Gasteiger partial charge is 0.503 e. The van der Waals surface area contributed by atoms with E-state index in [1.165, 1.54) is 30.3 Å². The first-order valence-corrected chi connectivity index (χ1v) is 8.56. The molecule has 0 aliphatic rings. The lowest BCUT2D eigenvalue weighted by Gasteiger charge is -2.09. The lowest BCUT2D eigenvalue weighted by molar-refractivity contribution is -0.112. The SMILES string of the molecule is CCOc1cc(/C=C(/C#N)C(=O)Nc2ccc(F)c(Cl)c2)cc(Br)c1O. The van der Waals surface area contributed by atoms with Gasteiger partial charge in [0.05, 0.1) is 16.1 Å². The molecule has 0 unspecified atom stereocenters. The molecule has 0 saturated carbocycles. The number of nitrogens with zero attached hydrogens (tertiary/aromatic N) is 1. The van der Waals surface area contributed by atoms with E-state index in [2.05, 4.69) is 21.2 Å². The Kier molecular flexibility index (Phi) is 6.61. The topological polar surface area (TPSA) is 82.3 Å². The van der Waals surface area contributed by atoms with Crippen LogP contribution in [0.5, 0.6) is 11.5 Å². The average molecular weight is 440 g/mol. The molecule has 0 saturated heterocycles. The van der Waals surface area contributed by atoms with Crippen molar-refractivity contribution in [3.8, 4) is 17.6 Å². The molecule has 8 heteroatoms. The zero-order chi connectivity index (χ0) is 19.3. The Bertz CT molecular complexity index is 925. The summed E-state index contributed by atoms with van der Waals surface area (Å²) in [6, 6.07) is 8.53. The van der Waals surface area contributed by atoms with Gasteiger partial charge >= 0.3 is 0 Å². The Balaban J connectivity index is 2.30. The molecule has 0 bridgehead atoms. The Morgan fingerprint density at radius 3 is 2.81 bits per heavy atom. The fourth-order valence-electron chi connectivity index (χ4n) is 2.03. The number of ether oxygens (including phenoxy) is 1. The van der Waals surface area contributed by atoms with Crippen molar-refractivity contribution in [3.05, 3.63) is 56.8 Å². The number of phenols is 1. The number of nitrogens with one attached hydrogen (secondary N) is 1. The van der Waals surface area contributed by atoms with Gasteiger partial charge in [0.25, 0.3) is 5.91 Å². The van der Waals surface area contributed by atoms with Crippen molar-refractivity contribution >= 4 is 45.2 Å². The standard InChI is InChI=1S/C18H13BrClFN2O3/c1-2-26-16-7-10(6-13(19)17(16)24)5-11(9-22)18(25)23-12-3-4-15(21)14(20)8-12/h3-8,24H,2H2,1H3,(H,23,25)/b11-5-. The van der Waals surface area contributed by atoms with Gasteiger partial charge in [-0.15, -0.1) is 0 Å². The maximum atomic E-state index is 13.2. The summed E-state index contributed by atoms with van der Waals surface area (Å²) in [5.74, 6) is -1.15. The quantitative estimate of drug-likeness (QED) is 0.513. The van der Waals surface area contributed by atoms with Crippen LogP contribution in [-0.4, -0.2) is 17.6 Å². The fraction of sp³-hybridized carbons (Fsp3) is 0.111. The van der Waals surface area contributed by atoms with Crippen LogP contribution in [-0.2, 0) is 4.79 Å². The molecule has 2 N–H and O–H groups in total. The predicted molar refractivity (Wildman–Crippen MR) is 101 cm³/mol. The van der Waals surface area contributed by atoms with E-state index < -0.39 is 11.7 Å².